The van der Waals surface area contributed by atoms with Crippen LogP contribution in [-0.4, -0.2) is 15.1 Å². The summed E-state index contributed by atoms with van der Waals surface area (Å²) in [5.74, 6) is 0. The molecule has 0 unspecified atom stereocenters. The van der Waals surface area contributed by atoms with Gasteiger partial charge in [-0.05, 0) is 17.7 Å². The van der Waals surface area contributed by atoms with E-state index < -0.39 is 45.4 Å². The third-order valence-corrected chi connectivity index (χ3v) is 2.11. The predicted molar refractivity (Wildman–Crippen MR) is 51.0 cm³/mol. The summed E-state index contributed by atoms with van der Waals surface area (Å²) in [6.45, 7) is 0. The van der Waals surface area contributed by atoms with Crippen molar-refractivity contribution in [1.82, 2.24) is 4.98 Å². The van der Waals surface area contributed by atoms with Gasteiger partial charge < -0.3 is 0 Å². The van der Waals surface area contributed by atoms with Crippen LogP contribution < -0.4 is 0 Å². The Morgan fingerprint density at radius 2 is 1.95 bits per heavy atom. The summed E-state index contributed by atoms with van der Waals surface area (Å²) in [4.78, 5) is 22.3. The van der Waals surface area contributed by atoms with Crippen LogP contribution >= 0.6 is 11.6 Å². The highest BCUT2D eigenvalue weighted by Crippen LogP contribution is 2.40. The zero-order valence-electron chi connectivity index (χ0n) is 8.54. The molecule has 0 saturated heterocycles. The molecule has 19 heavy (non-hydrogen) atoms. The fourth-order valence-corrected chi connectivity index (χ4v) is 1.32. The molecule has 0 N–H and O–H groups in total. The van der Waals surface area contributed by atoms with Gasteiger partial charge in [-0.15, -0.1) is 0 Å². The number of alkyl halides is 5. The van der Waals surface area contributed by atoms with E-state index in [2.05, 4.69) is 4.98 Å². The zero-order chi connectivity index (χ0) is 15.0. The normalized spacial score (nSPS) is 11.7. The second kappa shape index (κ2) is 5.03. The molecule has 0 bridgehead atoms. The average Bonchev–Trinajstić information content (AvgIpc) is 2.25. The highest BCUT2D eigenvalue weighted by molar-refractivity contribution is 6.67. The van der Waals surface area contributed by atoms with Crippen molar-refractivity contribution in [3.8, 4) is 0 Å². The average molecular weight is 305 g/mol. The molecule has 0 aromatic carbocycles. The SMILES string of the molecule is O=C(Cl)c1cc(C(F)(F)F)c([N+](=O)[O-])c(C(F)F)n1. The number of hydrogen-bond acceptors (Lipinski definition) is 4. The maximum atomic E-state index is 12.6. The second-order valence-electron chi connectivity index (χ2n) is 3.12. The molecule has 0 amide bonds. The molecule has 5 nitrogen and oxygen atoms in total. The Labute approximate surface area is 106 Å². The summed E-state index contributed by atoms with van der Waals surface area (Å²) in [6.07, 6.45) is -8.98. The molecule has 0 aliphatic heterocycles. The van der Waals surface area contributed by atoms with Gasteiger partial charge in [0.2, 0.25) is 0 Å². The van der Waals surface area contributed by atoms with Gasteiger partial charge in [0, 0.05) is 0 Å². The molecule has 1 heterocycles. The number of rotatable bonds is 3. The minimum Gasteiger partial charge on any atom is -0.274 e. The largest absolute Gasteiger partial charge is 0.423 e. The Kier molecular flexibility index (Phi) is 4.03. The highest BCUT2D eigenvalue weighted by atomic mass is 35.5. The third kappa shape index (κ3) is 3.13. The number of nitrogens with zero attached hydrogens (tertiary/aromatic N) is 2. The van der Waals surface area contributed by atoms with Crippen molar-refractivity contribution >= 4 is 22.5 Å². The van der Waals surface area contributed by atoms with E-state index in [4.69, 9.17) is 11.6 Å². The lowest BCUT2D eigenvalue weighted by molar-refractivity contribution is -0.389. The standard InChI is InChI=1S/C8H2ClF5N2O3/c9-6(17)3-1-2(8(12,13)14)5(16(18)19)4(15-3)7(10)11/h1,7H. The van der Waals surface area contributed by atoms with Gasteiger partial charge in [0.1, 0.15) is 11.3 Å². The Bertz CT molecular complexity index is 546. The van der Waals surface area contributed by atoms with Crippen LogP contribution in [0.2, 0.25) is 0 Å². The van der Waals surface area contributed by atoms with E-state index in [9.17, 15) is 36.9 Å². The van der Waals surface area contributed by atoms with Gasteiger partial charge in [-0.25, -0.2) is 13.8 Å². The minimum absolute atomic E-state index is 0.0423. The van der Waals surface area contributed by atoms with E-state index in [0.717, 1.165) is 0 Å². The summed E-state index contributed by atoms with van der Waals surface area (Å²) < 4.78 is 62.7. The van der Waals surface area contributed by atoms with Crippen LogP contribution in [0.1, 0.15) is 28.2 Å². The van der Waals surface area contributed by atoms with Crippen molar-refractivity contribution in [2.75, 3.05) is 0 Å². The molecule has 0 saturated carbocycles. The van der Waals surface area contributed by atoms with Gasteiger partial charge in [0.05, 0.1) is 4.92 Å². The van der Waals surface area contributed by atoms with E-state index in [0.29, 0.717) is 0 Å². The van der Waals surface area contributed by atoms with Gasteiger partial charge in [0.15, 0.2) is 5.69 Å². The lowest BCUT2D eigenvalue weighted by Gasteiger charge is -2.11. The predicted octanol–water partition coefficient (Wildman–Crippen LogP) is 3.33. The first kappa shape index (κ1) is 15.2. The number of pyridine rings is 1. The number of halogens is 6. The molecule has 104 valence electrons. The molecule has 1 aromatic heterocycles. The smallest absolute Gasteiger partial charge is 0.274 e. The lowest BCUT2D eigenvalue weighted by atomic mass is 10.1. The third-order valence-electron chi connectivity index (χ3n) is 1.92. The molecule has 1 rings (SSSR count). The first-order valence-corrected chi connectivity index (χ1v) is 4.68. The van der Waals surface area contributed by atoms with Gasteiger partial charge in [0.25, 0.3) is 11.7 Å². The van der Waals surface area contributed by atoms with Crippen LogP contribution in [0.5, 0.6) is 0 Å². The van der Waals surface area contributed by atoms with Gasteiger partial charge in [-0.3, -0.25) is 14.9 Å². The zero-order valence-corrected chi connectivity index (χ0v) is 9.30. The summed E-state index contributed by atoms with van der Waals surface area (Å²) in [5, 5.41) is 8.95. The van der Waals surface area contributed by atoms with E-state index in [1.54, 1.807) is 0 Å². The number of carbonyl (C=O) groups excluding carboxylic acids is 1. The Balaban J connectivity index is 3.76. The van der Waals surface area contributed by atoms with Crippen molar-refractivity contribution < 1.29 is 31.7 Å². The number of carbonyl (C=O) groups is 1. The molecule has 1 aromatic rings. The fourth-order valence-electron chi connectivity index (χ4n) is 1.22. The van der Waals surface area contributed by atoms with E-state index in [1.165, 1.54) is 0 Å². The Morgan fingerprint density at radius 1 is 1.42 bits per heavy atom. The van der Waals surface area contributed by atoms with Gasteiger partial charge in [-0.1, -0.05) is 0 Å². The van der Waals surface area contributed by atoms with Crippen molar-refractivity contribution in [1.29, 1.82) is 0 Å². The van der Waals surface area contributed by atoms with Crippen LogP contribution in [0.3, 0.4) is 0 Å². The molecule has 11 heteroatoms. The fraction of sp³-hybridized carbons (Fsp3) is 0.250. The molecule has 0 aliphatic carbocycles. The number of nitro groups is 1. The van der Waals surface area contributed by atoms with Gasteiger partial charge in [-0.2, -0.15) is 13.2 Å². The summed E-state index contributed by atoms with van der Waals surface area (Å²) in [5.41, 5.74) is -6.81. The lowest BCUT2D eigenvalue weighted by Crippen LogP contribution is -2.15. The van der Waals surface area contributed by atoms with Crippen molar-refractivity contribution in [3.05, 3.63) is 33.1 Å². The molecule has 0 fully saturated rings. The van der Waals surface area contributed by atoms with Crippen LogP contribution in [0.4, 0.5) is 27.6 Å². The number of hydrogen-bond donors (Lipinski definition) is 0. The molecular weight excluding hydrogens is 303 g/mol. The maximum absolute atomic E-state index is 12.6. The summed E-state index contributed by atoms with van der Waals surface area (Å²) in [7, 11) is 0. The second-order valence-corrected chi connectivity index (χ2v) is 3.46. The van der Waals surface area contributed by atoms with E-state index >= 15 is 0 Å². The molecule has 0 aliphatic rings. The molecule has 0 radical (unpaired) electrons. The monoisotopic (exact) mass is 304 g/mol. The van der Waals surface area contributed by atoms with Crippen molar-refractivity contribution in [2.45, 2.75) is 12.6 Å². The van der Waals surface area contributed by atoms with Crippen LogP contribution in [0, 0.1) is 10.1 Å². The van der Waals surface area contributed by atoms with Crippen LogP contribution in [0.15, 0.2) is 6.07 Å². The minimum atomic E-state index is -5.31. The maximum Gasteiger partial charge on any atom is 0.423 e. The topological polar surface area (TPSA) is 73.1 Å². The summed E-state index contributed by atoms with van der Waals surface area (Å²) >= 11 is 4.85. The first-order valence-electron chi connectivity index (χ1n) is 4.30. The summed E-state index contributed by atoms with van der Waals surface area (Å²) in [6, 6.07) is -0.0423. The number of aromatic nitrogens is 1. The van der Waals surface area contributed by atoms with E-state index in [-0.39, 0.29) is 6.07 Å². The first-order chi connectivity index (χ1) is 8.55. The van der Waals surface area contributed by atoms with Crippen molar-refractivity contribution in [2.24, 2.45) is 0 Å². The van der Waals surface area contributed by atoms with Gasteiger partial charge >= 0.3 is 11.9 Å². The molecule has 0 atom stereocenters. The molecular formula is C8H2ClF5N2O3. The Morgan fingerprint density at radius 3 is 2.26 bits per heavy atom. The van der Waals surface area contributed by atoms with Crippen LogP contribution in [-0.2, 0) is 6.18 Å². The molecule has 0 spiro atoms. The van der Waals surface area contributed by atoms with Crippen LogP contribution in [0.25, 0.3) is 0 Å². The van der Waals surface area contributed by atoms with Crippen molar-refractivity contribution in [3.63, 3.8) is 0 Å². The Hall–Kier alpha value is -1.84. The highest BCUT2D eigenvalue weighted by Gasteiger charge is 2.43. The van der Waals surface area contributed by atoms with E-state index in [1.807, 2.05) is 0 Å². The quantitative estimate of drug-likeness (QED) is 0.371.